The van der Waals surface area contributed by atoms with E-state index >= 15 is 0 Å². The zero-order valence-corrected chi connectivity index (χ0v) is 19.8. The van der Waals surface area contributed by atoms with Gasteiger partial charge in [0, 0.05) is 18.5 Å². The molecule has 2 heterocycles. The van der Waals surface area contributed by atoms with Crippen LogP contribution in [-0.4, -0.2) is 31.8 Å². The highest BCUT2D eigenvalue weighted by Crippen LogP contribution is 2.29. The molecule has 1 amide bonds. The minimum Gasteiger partial charge on any atom is -0.353 e. The molecule has 0 radical (unpaired) electrons. The predicted octanol–water partition coefficient (Wildman–Crippen LogP) is 4.29. The Balaban J connectivity index is 1.59. The Morgan fingerprint density at radius 2 is 1.94 bits per heavy atom. The molecule has 0 spiro atoms. The van der Waals surface area contributed by atoms with Gasteiger partial charge < -0.3 is 9.88 Å². The highest BCUT2D eigenvalue weighted by molar-refractivity contribution is 7.99. The molecule has 7 nitrogen and oxygen atoms in total. The van der Waals surface area contributed by atoms with Crippen LogP contribution in [0.3, 0.4) is 0 Å². The maximum absolute atomic E-state index is 13.8. The van der Waals surface area contributed by atoms with Gasteiger partial charge in [0.2, 0.25) is 5.91 Å². The van der Waals surface area contributed by atoms with Crippen LogP contribution in [0, 0.1) is 11.3 Å². The van der Waals surface area contributed by atoms with Gasteiger partial charge in [-0.3, -0.25) is 14.2 Å². The minimum absolute atomic E-state index is 0.0394. The standard InChI is InChI=1S/C26H25N5O2S/c1-30-21-14-17(15-27)12-13-20(21)23-24(30)25(33)31(19-10-6-3-7-11-19)26(29-23)34-16-22(32)28-18-8-4-2-5-9-18/h3,6-7,10-14,18H,2,4-5,8-9,16H2,1H3,(H,28,32). The van der Waals surface area contributed by atoms with Crippen molar-refractivity contribution in [2.45, 2.75) is 43.3 Å². The van der Waals surface area contributed by atoms with Crippen molar-refractivity contribution in [1.29, 1.82) is 5.26 Å². The number of nitrogens with one attached hydrogen (secondary N) is 1. The maximum atomic E-state index is 13.8. The van der Waals surface area contributed by atoms with E-state index in [2.05, 4.69) is 11.4 Å². The molecule has 34 heavy (non-hydrogen) atoms. The second-order valence-corrected chi connectivity index (χ2v) is 9.60. The molecular formula is C26H25N5O2S. The van der Waals surface area contributed by atoms with E-state index < -0.39 is 0 Å². The van der Waals surface area contributed by atoms with Crippen LogP contribution in [0.2, 0.25) is 0 Å². The zero-order valence-electron chi connectivity index (χ0n) is 19.0. The van der Waals surface area contributed by atoms with Gasteiger partial charge in [-0.1, -0.05) is 49.2 Å². The number of nitrogens with zero attached hydrogens (tertiary/aromatic N) is 4. The predicted molar refractivity (Wildman–Crippen MR) is 134 cm³/mol. The molecule has 8 heteroatoms. The lowest BCUT2D eigenvalue weighted by atomic mass is 9.95. The summed E-state index contributed by atoms with van der Waals surface area (Å²) >= 11 is 1.27. The molecule has 1 N–H and O–H groups in total. The summed E-state index contributed by atoms with van der Waals surface area (Å²) in [6, 6.07) is 17.1. The van der Waals surface area contributed by atoms with Gasteiger partial charge in [0.25, 0.3) is 5.56 Å². The maximum Gasteiger partial charge on any atom is 0.283 e. The Bertz CT molecular complexity index is 1480. The van der Waals surface area contributed by atoms with Crippen molar-refractivity contribution < 1.29 is 4.79 Å². The van der Waals surface area contributed by atoms with E-state index in [1.54, 1.807) is 21.3 Å². The normalized spacial score (nSPS) is 14.4. The molecule has 1 aliphatic rings. The fourth-order valence-corrected chi connectivity index (χ4v) is 5.55. The quantitative estimate of drug-likeness (QED) is 0.346. The lowest BCUT2D eigenvalue weighted by Gasteiger charge is -2.22. The van der Waals surface area contributed by atoms with Crippen LogP contribution < -0.4 is 10.9 Å². The number of nitriles is 1. The Morgan fingerprint density at radius 3 is 2.68 bits per heavy atom. The van der Waals surface area contributed by atoms with E-state index in [0.29, 0.717) is 27.4 Å². The van der Waals surface area contributed by atoms with Crippen molar-refractivity contribution in [2.24, 2.45) is 7.05 Å². The van der Waals surface area contributed by atoms with Gasteiger partial charge in [-0.2, -0.15) is 5.26 Å². The average molecular weight is 472 g/mol. The number of thioether (sulfide) groups is 1. The monoisotopic (exact) mass is 471 g/mol. The molecule has 5 rings (SSSR count). The molecule has 1 aliphatic carbocycles. The van der Waals surface area contributed by atoms with Gasteiger partial charge in [-0.25, -0.2) is 4.98 Å². The molecule has 2 aromatic carbocycles. The van der Waals surface area contributed by atoms with Gasteiger partial charge >= 0.3 is 0 Å². The highest BCUT2D eigenvalue weighted by atomic mass is 32.2. The highest BCUT2D eigenvalue weighted by Gasteiger charge is 2.21. The van der Waals surface area contributed by atoms with Gasteiger partial charge in [-0.05, 0) is 43.2 Å². The summed E-state index contributed by atoms with van der Waals surface area (Å²) in [6.45, 7) is 0. The number of carbonyl (C=O) groups excluding carboxylic acids is 1. The molecular weight excluding hydrogens is 446 g/mol. The minimum atomic E-state index is -0.205. The van der Waals surface area contributed by atoms with Crippen molar-refractivity contribution in [3.8, 4) is 11.8 Å². The summed E-state index contributed by atoms with van der Waals surface area (Å²) in [5.41, 5.74) is 2.83. The number of aryl methyl sites for hydroxylation is 1. The largest absolute Gasteiger partial charge is 0.353 e. The molecule has 1 fully saturated rings. The van der Waals surface area contributed by atoms with Crippen molar-refractivity contribution in [2.75, 3.05) is 5.75 Å². The van der Waals surface area contributed by atoms with Crippen LogP contribution in [0.5, 0.6) is 0 Å². The Labute approximate surface area is 201 Å². The Kier molecular flexibility index (Phi) is 6.12. The van der Waals surface area contributed by atoms with Crippen LogP contribution >= 0.6 is 11.8 Å². The van der Waals surface area contributed by atoms with Crippen molar-refractivity contribution in [3.05, 3.63) is 64.4 Å². The topological polar surface area (TPSA) is 92.7 Å². The lowest BCUT2D eigenvalue weighted by molar-refractivity contribution is -0.119. The van der Waals surface area contributed by atoms with Crippen LogP contribution in [0.1, 0.15) is 37.7 Å². The molecule has 0 aliphatic heterocycles. The first-order chi connectivity index (χ1) is 16.6. The number of hydrogen-bond donors (Lipinski definition) is 1. The second kappa shape index (κ2) is 9.35. The van der Waals surface area contributed by atoms with E-state index in [9.17, 15) is 14.9 Å². The fourth-order valence-electron chi connectivity index (χ4n) is 4.73. The second-order valence-electron chi connectivity index (χ2n) is 8.66. The summed E-state index contributed by atoms with van der Waals surface area (Å²) in [4.78, 5) is 31.3. The molecule has 0 atom stereocenters. The Hall–Kier alpha value is -3.57. The smallest absolute Gasteiger partial charge is 0.283 e. The number of rotatable bonds is 5. The molecule has 0 unspecified atom stereocenters. The third-order valence-electron chi connectivity index (χ3n) is 6.42. The number of hydrogen-bond acceptors (Lipinski definition) is 5. The average Bonchev–Trinajstić information content (AvgIpc) is 3.15. The third kappa shape index (κ3) is 4.08. The molecule has 4 aromatic rings. The Morgan fingerprint density at radius 1 is 1.18 bits per heavy atom. The van der Waals surface area contributed by atoms with Gasteiger partial charge in [0.05, 0.1) is 28.6 Å². The van der Waals surface area contributed by atoms with Crippen LogP contribution in [0.15, 0.2) is 58.5 Å². The van der Waals surface area contributed by atoms with Crippen molar-refractivity contribution in [3.63, 3.8) is 0 Å². The summed E-state index contributed by atoms with van der Waals surface area (Å²) in [5.74, 6) is 0.146. The third-order valence-corrected chi connectivity index (χ3v) is 7.36. The van der Waals surface area contributed by atoms with E-state index in [1.807, 2.05) is 43.4 Å². The summed E-state index contributed by atoms with van der Waals surface area (Å²) < 4.78 is 3.37. The molecule has 1 saturated carbocycles. The van der Waals surface area contributed by atoms with Crippen molar-refractivity contribution >= 4 is 39.6 Å². The van der Waals surface area contributed by atoms with Crippen LogP contribution in [0.4, 0.5) is 0 Å². The summed E-state index contributed by atoms with van der Waals surface area (Å²) in [6.07, 6.45) is 5.58. The fraction of sp³-hybridized carbons (Fsp3) is 0.308. The van der Waals surface area contributed by atoms with E-state index in [0.717, 1.165) is 36.6 Å². The SMILES string of the molecule is Cn1c2cc(C#N)ccc2c2nc(SCC(=O)NC3CCCCC3)n(-c3ccccc3)c(=O)c21. The van der Waals surface area contributed by atoms with Crippen molar-refractivity contribution in [1.82, 2.24) is 19.4 Å². The zero-order chi connectivity index (χ0) is 23.7. The first-order valence-corrected chi connectivity index (χ1v) is 12.5. The summed E-state index contributed by atoms with van der Waals surface area (Å²) in [7, 11) is 1.81. The number of carbonyl (C=O) groups is 1. The van der Waals surface area contributed by atoms with Gasteiger partial charge in [-0.15, -0.1) is 0 Å². The molecule has 2 aromatic heterocycles. The van der Waals surface area contributed by atoms with E-state index in [-0.39, 0.29) is 23.3 Å². The number of fused-ring (bicyclic) bond motifs is 3. The summed E-state index contributed by atoms with van der Waals surface area (Å²) in [5, 5.41) is 13.7. The molecule has 0 bridgehead atoms. The molecule has 0 saturated heterocycles. The van der Waals surface area contributed by atoms with Gasteiger partial charge in [0.15, 0.2) is 5.16 Å². The molecule has 172 valence electrons. The lowest BCUT2D eigenvalue weighted by Crippen LogP contribution is -2.37. The van der Waals surface area contributed by atoms with E-state index in [4.69, 9.17) is 4.98 Å². The number of benzene rings is 2. The van der Waals surface area contributed by atoms with Crippen LogP contribution in [-0.2, 0) is 11.8 Å². The first-order valence-electron chi connectivity index (χ1n) is 11.5. The van der Waals surface area contributed by atoms with E-state index in [1.165, 1.54) is 18.2 Å². The van der Waals surface area contributed by atoms with Crippen LogP contribution in [0.25, 0.3) is 27.6 Å². The van der Waals surface area contributed by atoms with Gasteiger partial charge in [0.1, 0.15) is 11.0 Å². The first kappa shape index (κ1) is 22.2. The number of aromatic nitrogens is 3. The number of para-hydroxylation sites is 1. The number of amides is 1.